The third-order valence-corrected chi connectivity index (χ3v) is 10.3. The number of hydrogen-bond donors (Lipinski definition) is 2. The molecule has 12 heteroatoms. The van der Waals surface area contributed by atoms with Gasteiger partial charge in [0.1, 0.15) is 18.0 Å². The highest BCUT2D eigenvalue weighted by atomic mass is 19.1. The third kappa shape index (κ3) is 10.8. The molecule has 0 spiro atoms. The smallest absolute Gasteiger partial charge is 0.410 e. The lowest BCUT2D eigenvalue weighted by Gasteiger charge is -2.37. The fourth-order valence-electron chi connectivity index (χ4n) is 6.83. The number of carbonyl (C=O) groups is 3. The number of aliphatic hydroxyl groups excluding tert-OH is 2. The normalized spacial score (nSPS) is 28.2. The van der Waals surface area contributed by atoms with Crippen LogP contribution in [0.2, 0.25) is 0 Å². The van der Waals surface area contributed by atoms with Crippen LogP contribution in [0.3, 0.4) is 0 Å². The van der Waals surface area contributed by atoms with Crippen molar-refractivity contribution < 1.29 is 38.5 Å². The van der Waals surface area contributed by atoms with Crippen LogP contribution in [0.1, 0.15) is 65.9 Å². The summed E-state index contributed by atoms with van der Waals surface area (Å²) < 4.78 is 27.0. The van der Waals surface area contributed by atoms with Crippen LogP contribution in [0.4, 0.5) is 14.9 Å². The van der Waals surface area contributed by atoms with E-state index in [1.54, 1.807) is 22.8 Å². The number of rotatable bonds is 7. The topological polar surface area (TPSA) is 123 Å². The predicted molar refractivity (Wildman–Crippen MR) is 191 cm³/mol. The fourth-order valence-corrected chi connectivity index (χ4v) is 6.83. The minimum absolute atomic E-state index is 0.0753. The van der Waals surface area contributed by atoms with Crippen LogP contribution in [0.5, 0.6) is 0 Å². The van der Waals surface area contributed by atoms with E-state index in [1.807, 2.05) is 57.9 Å². The maximum Gasteiger partial charge on any atom is 0.410 e. The number of aliphatic hydroxyl groups is 2. The largest absolute Gasteiger partial charge is 0.457 e. The van der Waals surface area contributed by atoms with E-state index < -0.39 is 42.1 Å². The molecule has 2 saturated heterocycles. The van der Waals surface area contributed by atoms with Gasteiger partial charge in [0.05, 0.1) is 24.5 Å². The van der Waals surface area contributed by atoms with E-state index in [1.165, 1.54) is 12.1 Å². The third-order valence-electron chi connectivity index (χ3n) is 10.3. The van der Waals surface area contributed by atoms with Gasteiger partial charge in [0.25, 0.3) is 0 Å². The summed E-state index contributed by atoms with van der Waals surface area (Å²) in [5.41, 5.74) is 1.97. The van der Waals surface area contributed by atoms with Crippen molar-refractivity contribution in [2.75, 3.05) is 64.3 Å². The summed E-state index contributed by atoms with van der Waals surface area (Å²) in [5.74, 6) is -1.89. The van der Waals surface area contributed by atoms with Gasteiger partial charge in [-0.25, -0.2) is 9.18 Å². The summed E-state index contributed by atoms with van der Waals surface area (Å²) in [4.78, 5) is 46.6. The monoisotopic (exact) mass is 700 g/mol. The average molecular weight is 701 g/mol. The fraction of sp³-hybridized carbons (Fsp3) is 0.658. The molecule has 11 nitrogen and oxygen atoms in total. The Bertz CT molecular complexity index is 1370. The van der Waals surface area contributed by atoms with Crippen molar-refractivity contribution in [3.8, 4) is 0 Å². The number of benzene rings is 1. The molecule has 0 saturated carbocycles. The van der Waals surface area contributed by atoms with Crippen molar-refractivity contribution in [2.45, 2.75) is 84.7 Å². The molecular formula is C38H57FN4O7. The number of ether oxygens (including phenoxy) is 2. The Morgan fingerprint density at radius 3 is 2.34 bits per heavy atom. The van der Waals surface area contributed by atoms with Gasteiger partial charge in [0.15, 0.2) is 0 Å². The molecule has 2 amide bonds. The second kappa shape index (κ2) is 18.1. The summed E-state index contributed by atoms with van der Waals surface area (Å²) in [5, 5.41) is 20.8. The molecule has 0 aromatic heterocycles. The molecule has 0 aliphatic carbocycles. The van der Waals surface area contributed by atoms with Crippen LogP contribution in [0, 0.1) is 23.6 Å². The zero-order valence-corrected chi connectivity index (χ0v) is 30.6. The Balaban J connectivity index is 1.51. The summed E-state index contributed by atoms with van der Waals surface area (Å²) in [6.45, 7) is 14.1. The Kier molecular flexibility index (Phi) is 14.3. The minimum Gasteiger partial charge on any atom is -0.457 e. The number of amides is 2. The summed E-state index contributed by atoms with van der Waals surface area (Å²) in [6, 6.07) is 4.78. The van der Waals surface area contributed by atoms with E-state index in [0.29, 0.717) is 75.4 Å². The summed E-state index contributed by atoms with van der Waals surface area (Å²) in [7, 11) is 2.02. The number of esters is 1. The van der Waals surface area contributed by atoms with Crippen molar-refractivity contribution in [3.63, 3.8) is 0 Å². The predicted octanol–water partition coefficient (Wildman–Crippen LogP) is 4.32. The number of halogens is 1. The average Bonchev–Trinajstić information content (AvgIpc) is 3.09. The molecule has 0 bridgehead atoms. The van der Waals surface area contributed by atoms with Gasteiger partial charge in [0, 0.05) is 64.0 Å². The zero-order valence-electron chi connectivity index (χ0n) is 30.6. The van der Waals surface area contributed by atoms with Crippen molar-refractivity contribution in [1.29, 1.82) is 0 Å². The molecule has 0 unspecified atom stereocenters. The van der Waals surface area contributed by atoms with Gasteiger partial charge >= 0.3 is 12.1 Å². The molecule has 50 heavy (non-hydrogen) atoms. The van der Waals surface area contributed by atoms with Crippen LogP contribution >= 0.6 is 0 Å². The van der Waals surface area contributed by atoms with Crippen LogP contribution in [0.25, 0.3) is 6.08 Å². The first kappa shape index (κ1) is 39.3. The highest BCUT2D eigenvalue weighted by Gasteiger charge is 2.31. The summed E-state index contributed by atoms with van der Waals surface area (Å²) >= 11 is 0. The Morgan fingerprint density at radius 1 is 1.02 bits per heavy atom. The maximum atomic E-state index is 15.0. The number of hydrogen-bond acceptors (Lipinski definition) is 9. The van der Waals surface area contributed by atoms with E-state index in [0.717, 1.165) is 13.1 Å². The van der Waals surface area contributed by atoms with Gasteiger partial charge in [-0.15, -0.1) is 0 Å². The van der Waals surface area contributed by atoms with Crippen molar-refractivity contribution in [2.24, 2.45) is 17.8 Å². The highest BCUT2D eigenvalue weighted by molar-refractivity contribution is 5.79. The number of carbonyl (C=O) groups excluding carboxylic acids is 3. The van der Waals surface area contributed by atoms with E-state index in [-0.39, 0.29) is 30.3 Å². The molecule has 278 valence electrons. The molecule has 1 aromatic carbocycles. The second-order valence-corrected chi connectivity index (χ2v) is 14.4. The molecule has 7 atom stereocenters. The van der Waals surface area contributed by atoms with Crippen LogP contribution in [0.15, 0.2) is 35.9 Å². The van der Waals surface area contributed by atoms with Gasteiger partial charge in [-0.3, -0.25) is 9.59 Å². The van der Waals surface area contributed by atoms with Crippen LogP contribution < -0.4 is 4.90 Å². The number of likely N-dealkylation sites (N-methyl/N-ethyl adjacent to an activating group) is 1. The molecule has 0 radical (unpaired) electrons. The lowest BCUT2D eigenvalue weighted by atomic mass is 9.91. The van der Waals surface area contributed by atoms with Crippen molar-refractivity contribution in [1.82, 2.24) is 14.7 Å². The molecule has 3 heterocycles. The SMILES string of the molecule is CC[C@@H](O)[C@@H](C)C(=O)N1CCN(c2cc(F)cc(/C=C(\C)[C@H]3OC(=O)C[C@@H](O)CC[C@@H](C)[C@@H](OC(=O)N4CCN(C)CC4)/C=C\[C@@H]3C)c2)CC1. The summed E-state index contributed by atoms with van der Waals surface area (Å²) in [6.07, 6.45) is 3.65. The zero-order chi connectivity index (χ0) is 36.5. The first-order valence-corrected chi connectivity index (χ1v) is 18.2. The van der Waals surface area contributed by atoms with Crippen LogP contribution in [-0.2, 0) is 19.1 Å². The highest BCUT2D eigenvalue weighted by Crippen LogP contribution is 2.28. The van der Waals surface area contributed by atoms with Gasteiger partial charge < -0.3 is 39.3 Å². The first-order chi connectivity index (χ1) is 23.7. The Hall–Kier alpha value is -3.48. The quantitative estimate of drug-likeness (QED) is 0.316. The molecule has 2 N–H and O–H groups in total. The number of nitrogens with zero attached hydrogens (tertiary/aromatic N) is 4. The number of anilines is 1. The molecule has 3 aliphatic rings. The molecule has 4 rings (SSSR count). The van der Waals surface area contributed by atoms with Crippen molar-refractivity contribution >= 4 is 29.7 Å². The van der Waals surface area contributed by atoms with Gasteiger partial charge in [-0.1, -0.05) is 39.8 Å². The minimum atomic E-state index is -0.899. The lowest BCUT2D eigenvalue weighted by molar-refractivity contribution is -0.151. The van der Waals surface area contributed by atoms with Crippen LogP contribution in [-0.4, -0.2) is 127 Å². The molecule has 1 aromatic rings. The van der Waals surface area contributed by atoms with E-state index in [2.05, 4.69) is 4.90 Å². The Morgan fingerprint density at radius 2 is 1.68 bits per heavy atom. The maximum absolute atomic E-state index is 15.0. The standard InChI is InChI=1S/C38H57FN4O7/c1-7-33(45)28(5)37(47)42-18-16-41(17-19-42)31-22-29(21-30(39)23-31)20-27(4)36-26(3)9-11-34(25(2)8-10-32(44)24-35(46)50-36)49-38(48)43-14-12-40(6)13-15-43/h9,11,20-23,25-26,28,32-34,36,44-45H,7-8,10,12-19,24H2,1-6H3/b11-9-,27-20+/t25-,26+,28-,32+,33-,34+,36+/m1/s1. The first-order valence-electron chi connectivity index (χ1n) is 18.2. The Labute approximate surface area is 296 Å². The molecule has 2 fully saturated rings. The van der Waals surface area contributed by atoms with E-state index in [4.69, 9.17) is 9.47 Å². The van der Waals surface area contributed by atoms with E-state index in [9.17, 15) is 24.6 Å². The molecular weight excluding hydrogens is 643 g/mol. The number of piperazine rings is 2. The lowest BCUT2D eigenvalue weighted by Crippen LogP contribution is -2.51. The van der Waals surface area contributed by atoms with Gasteiger partial charge in [-0.2, -0.15) is 0 Å². The van der Waals surface area contributed by atoms with Crippen molar-refractivity contribution in [3.05, 3.63) is 47.3 Å². The van der Waals surface area contributed by atoms with Gasteiger partial charge in [-0.05, 0) is 74.6 Å². The molecule has 3 aliphatic heterocycles. The van der Waals surface area contributed by atoms with E-state index >= 15 is 4.39 Å². The van der Waals surface area contributed by atoms with Gasteiger partial charge in [0.2, 0.25) is 5.91 Å². The number of cyclic esters (lactones) is 1. The second-order valence-electron chi connectivity index (χ2n) is 14.4.